The van der Waals surface area contributed by atoms with Gasteiger partial charge in [0.1, 0.15) is 0 Å². The third kappa shape index (κ3) is 3.91. The zero-order chi connectivity index (χ0) is 18.0. The van der Waals surface area contributed by atoms with Crippen LogP contribution in [0.25, 0.3) is 0 Å². The molecule has 25 heavy (non-hydrogen) atoms. The van der Waals surface area contributed by atoms with Crippen molar-refractivity contribution in [2.75, 3.05) is 13.6 Å². The third-order valence-electron chi connectivity index (χ3n) is 4.89. The van der Waals surface area contributed by atoms with E-state index < -0.39 is 0 Å². The van der Waals surface area contributed by atoms with Gasteiger partial charge in [0.05, 0.1) is 0 Å². The fourth-order valence-electron chi connectivity index (χ4n) is 3.22. The number of carbonyl (C=O) groups is 1. The van der Waals surface area contributed by atoms with E-state index in [-0.39, 0.29) is 11.9 Å². The number of fused-ring (bicyclic) bond motifs is 1. The van der Waals surface area contributed by atoms with E-state index in [9.17, 15) is 4.79 Å². The van der Waals surface area contributed by atoms with Gasteiger partial charge in [-0.15, -0.1) is 0 Å². The van der Waals surface area contributed by atoms with Crippen molar-refractivity contribution < 1.29 is 4.79 Å². The first kappa shape index (κ1) is 18.0. The van der Waals surface area contributed by atoms with E-state index in [1.165, 1.54) is 16.0 Å². The molecule has 0 fully saturated rings. The van der Waals surface area contributed by atoms with Gasteiger partial charge in [-0.25, -0.2) is 4.31 Å². The molecule has 0 bridgehead atoms. The van der Waals surface area contributed by atoms with Crippen LogP contribution < -0.4 is 0 Å². The molecule has 1 atom stereocenters. The summed E-state index contributed by atoms with van der Waals surface area (Å²) in [6.45, 7) is 7.18. The lowest BCUT2D eigenvalue weighted by atomic mass is 9.98. The Morgan fingerprint density at radius 2 is 1.80 bits per heavy atom. The molecule has 1 amide bonds. The van der Waals surface area contributed by atoms with Crippen molar-refractivity contribution in [3.05, 3.63) is 65.2 Å². The van der Waals surface area contributed by atoms with Crippen LogP contribution in [-0.4, -0.2) is 34.7 Å². The van der Waals surface area contributed by atoms with Crippen LogP contribution in [0.3, 0.4) is 0 Å². The van der Waals surface area contributed by atoms with Crippen LogP contribution in [0.2, 0.25) is 0 Å². The highest BCUT2D eigenvalue weighted by Crippen LogP contribution is 2.32. The van der Waals surface area contributed by atoms with E-state index >= 15 is 0 Å². The molecular weight excluding hydrogens is 328 g/mol. The Hall–Kier alpha value is -1.78. The second-order valence-corrected chi connectivity index (χ2v) is 8.12. The minimum absolute atomic E-state index is 0.166. The lowest BCUT2D eigenvalue weighted by Crippen LogP contribution is -2.42. The van der Waals surface area contributed by atoms with E-state index in [2.05, 4.69) is 68.5 Å². The van der Waals surface area contributed by atoms with Crippen LogP contribution >= 0.6 is 11.9 Å². The van der Waals surface area contributed by atoms with Crippen molar-refractivity contribution in [1.82, 2.24) is 9.21 Å². The number of benzene rings is 2. The summed E-state index contributed by atoms with van der Waals surface area (Å²) >= 11 is 1.74. The molecule has 4 heteroatoms. The van der Waals surface area contributed by atoms with Gasteiger partial charge < -0.3 is 4.90 Å². The summed E-state index contributed by atoms with van der Waals surface area (Å²) in [4.78, 5) is 15.7. The minimum Gasteiger partial charge on any atom is -0.336 e. The number of carbonyl (C=O) groups excluding carboxylic acids is 1. The van der Waals surface area contributed by atoms with Gasteiger partial charge in [0.2, 0.25) is 0 Å². The van der Waals surface area contributed by atoms with Crippen molar-refractivity contribution in [3.8, 4) is 0 Å². The molecular formula is C21H26N2OS. The van der Waals surface area contributed by atoms with Crippen molar-refractivity contribution >= 4 is 17.9 Å². The summed E-state index contributed by atoms with van der Waals surface area (Å²) in [6.07, 6.45) is 0.936. The van der Waals surface area contributed by atoms with Crippen molar-refractivity contribution in [1.29, 1.82) is 0 Å². The van der Waals surface area contributed by atoms with Gasteiger partial charge in [-0.1, -0.05) is 30.3 Å². The Kier molecular flexibility index (Phi) is 5.50. The highest BCUT2D eigenvalue weighted by atomic mass is 32.2. The molecule has 3 rings (SSSR count). The Bertz CT molecular complexity index is 745. The Morgan fingerprint density at radius 3 is 2.48 bits per heavy atom. The van der Waals surface area contributed by atoms with E-state index in [1.807, 2.05) is 17.0 Å². The summed E-state index contributed by atoms with van der Waals surface area (Å²) in [5.41, 5.74) is 3.34. The molecule has 2 aromatic carbocycles. The Balaban J connectivity index is 1.74. The number of hydrogen-bond acceptors (Lipinski definition) is 3. The predicted molar refractivity (Wildman–Crippen MR) is 105 cm³/mol. The molecule has 0 unspecified atom stereocenters. The molecule has 1 heterocycles. The number of rotatable bonds is 5. The smallest absolute Gasteiger partial charge is 0.254 e. The highest BCUT2D eigenvalue weighted by molar-refractivity contribution is 7.97. The maximum atomic E-state index is 12.6. The van der Waals surface area contributed by atoms with Gasteiger partial charge in [0.25, 0.3) is 5.91 Å². The van der Waals surface area contributed by atoms with E-state index in [4.69, 9.17) is 0 Å². The number of nitrogens with zero attached hydrogens (tertiary/aromatic N) is 2. The standard InChI is InChI=1S/C21H26N2OS/c1-15(2)23-13-12-18-14-19(10-11-20(18)21(23)24)25-22(4)16(3)17-8-6-5-7-9-17/h5-11,14-16H,12-13H2,1-4H3/t16-/m0/s1. The average molecular weight is 355 g/mol. The van der Waals surface area contributed by atoms with Crippen LogP contribution in [0.1, 0.15) is 48.3 Å². The van der Waals surface area contributed by atoms with Crippen LogP contribution in [0.5, 0.6) is 0 Å². The topological polar surface area (TPSA) is 23.6 Å². The Labute approximate surface area is 155 Å². The van der Waals surface area contributed by atoms with Crippen LogP contribution in [0.15, 0.2) is 53.4 Å². The lowest BCUT2D eigenvalue weighted by Gasteiger charge is -2.32. The van der Waals surface area contributed by atoms with E-state index in [0.717, 1.165) is 18.5 Å². The van der Waals surface area contributed by atoms with Crippen LogP contribution in [-0.2, 0) is 6.42 Å². The van der Waals surface area contributed by atoms with Crippen molar-refractivity contribution in [2.45, 2.75) is 44.2 Å². The summed E-state index contributed by atoms with van der Waals surface area (Å²) in [7, 11) is 2.12. The van der Waals surface area contributed by atoms with Crippen molar-refractivity contribution in [3.63, 3.8) is 0 Å². The first-order chi connectivity index (χ1) is 12.0. The normalized spacial score (nSPS) is 15.6. The van der Waals surface area contributed by atoms with Gasteiger partial charge in [0, 0.05) is 29.1 Å². The molecule has 0 aromatic heterocycles. The molecule has 0 aliphatic carbocycles. The first-order valence-corrected chi connectivity index (χ1v) is 9.64. The Morgan fingerprint density at radius 1 is 1.08 bits per heavy atom. The molecule has 0 saturated heterocycles. The predicted octanol–water partition coefficient (Wildman–Crippen LogP) is 4.79. The summed E-state index contributed by atoms with van der Waals surface area (Å²) in [5, 5.41) is 0. The molecule has 0 saturated carbocycles. The zero-order valence-electron chi connectivity index (χ0n) is 15.4. The quantitative estimate of drug-likeness (QED) is 0.721. The first-order valence-electron chi connectivity index (χ1n) is 8.87. The molecule has 0 N–H and O–H groups in total. The fourth-order valence-corrected chi connectivity index (χ4v) is 4.16. The molecule has 3 nitrogen and oxygen atoms in total. The third-order valence-corrected chi connectivity index (χ3v) is 5.96. The summed E-state index contributed by atoms with van der Waals surface area (Å²) in [5.74, 6) is 0.166. The molecule has 2 aromatic rings. The van der Waals surface area contributed by atoms with Gasteiger partial charge in [0.15, 0.2) is 0 Å². The van der Waals surface area contributed by atoms with E-state index in [0.29, 0.717) is 6.04 Å². The van der Waals surface area contributed by atoms with Crippen LogP contribution in [0, 0.1) is 0 Å². The molecule has 1 aliphatic rings. The number of amides is 1. The second kappa shape index (κ2) is 7.63. The van der Waals surface area contributed by atoms with Gasteiger partial charge in [-0.3, -0.25) is 4.79 Å². The fraction of sp³-hybridized carbons (Fsp3) is 0.381. The maximum absolute atomic E-state index is 12.6. The molecule has 1 aliphatic heterocycles. The zero-order valence-corrected chi connectivity index (χ0v) is 16.2. The average Bonchev–Trinajstić information content (AvgIpc) is 2.61. The van der Waals surface area contributed by atoms with Gasteiger partial charge in [-0.05, 0) is 75.5 Å². The van der Waals surface area contributed by atoms with Gasteiger partial charge in [-0.2, -0.15) is 0 Å². The largest absolute Gasteiger partial charge is 0.336 e. The molecule has 0 radical (unpaired) electrons. The monoisotopic (exact) mass is 354 g/mol. The molecule has 132 valence electrons. The van der Waals surface area contributed by atoms with Crippen molar-refractivity contribution in [2.24, 2.45) is 0 Å². The SMILES string of the molecule is CC(C)N1CCc2cc(SN(C)[C@@H](C)c3ccccc3)ccc2C1=O. The van der Waals surface area contributed by atoms with Gasteiger partial charge >= 0.3 is 0 Å². The summed E-state index contributed by atoms with van der Waals surface area (Å²) in [6, 6.07) is 17.3. The summed E-state index contributed by atoms with van der Waals surface area (Å²) < 4.78 is 2.27. The second-order valence-electron chi connectivity index (χ2n) is 6.89. The molecule has 0 spiro atoms. The number of hydrogen-bond donors (Lipinski definition) is 0. The van der Waals surface area contributed by atoms with E-state index in [1.54, 1.807) is 11.9 Å². The minimum atomic E-state index is 0.166. The lowest BCUT2D eigenvalue weighted by molar-refractivity contribution is 0.0688. The highest BCUT2D eigenvalue weighted by Gasteiger charge is 2.26. The maximum Gasteiger partial charge on any atom is 0.254 e. The van der Waals surface area contributed by atoms with Crippen LogP contribution in [0.4, 0.5) is 0 Å².